The number of esters is 1. The molecule has 0 bridgehead atoms. The number of ether oxygens (including phenoxy) is 1. The molecule has 1 atom stereocenters. The number of hydrogen-bond acceptors (Lipinski definition) is 4. The minimum atomic E-state index is -0.459. The zero-order valence-electron chi connectivity index (χ0n) is 14.0. The fraction of sp³-hybridized carbons (Fsp3) is 0.474. The Kier molecular flexibility index (Phi) is 3.59. The Morgan fingerprint density at radius 3 is 2.75 bits per heavy atom. The molecule has 1 unspecified atom stereocenters. The van der Waals surface area contributed by atoms with E-state index in [1.54, 1.807) is 6.07 Å². The number of benzene rings is 1. The summed E-state index contributed by atoms with van der Waals surface area (Å²) in [5, 5.41) is 0.904. The Bertz CT molecular complexity index is 779. The maximum absolute atomic E-state index is 12.2. The SMILES string of the molecule is Cc1cc2cc(C(=O)OCC3CC(=O)N(C4CC4)C3)oc2cc1C. The molecule has 2 aliphatic rings. The van der Waals surface area contributed by atoms with Crippen LogP contribution in [0.15, 0.2) is 22.6 Å². The first-order valence-corrected chi connectivity index (χ1v) is 8.48. The number of amides is 1. The quantitative estimate of drug-likeness (QED) is 0.809. The van der Waals surface area contributed by atoms with Crippen molar-refractivity contribution in [3.05, 3.63) is 35.1 Å². The number of likely N-dealkylation sites (tertiary alicyclic amines) is 1. The minimum absolute atomic E-state index is 0.0934. The standard InChI is InChI=1S/C19H21NO4/c1-11-5-14-8-17(24-16(14)6-12(11)2)19(22)23-10-13-7-18(21)20(9-13)15-3-4-15/h5-6,8,13,15H,3-4,7,9-10H2,1-2H3. The molecule has 126 valence electrons. The van der Waals surface area contributed by atoms with Crippen molar-refractivity contribution in [3.8, 4) is 0 Å². The van der Waals surface area contributed by atoms with Crippen LogP contribution in [0.4, 0.5) is 0 Å². The molecular formula is C19H21NO4. The molecule has 24 heavy (non-hydrogen) atoms. The molecule has 2 heterocycles. The van der Waals surface area contributed by atoms with Crippen LogP contribution >= 0.6 is 0 Å². The lowest BCUT2D eigenvalue weighted by molar-refractivity contribution is -0.128. The van der Waals surface area contributed by atoms with Crippen molar-refractivity contribution in [2.45, 2.75) is 39.2 Å². The highest BCUT2D eigenvalue weighted by Gasteiger charge is 2.39. The fourth-order valence-electron chi connectivity index (χ4n) is 3.33. The highest BCUT2D eigenvalue weighted by Crippen LogP contribution is 2.32. The molecule has 5 nitrogen and oxygen atoms in total. The van der Waals surface area contributed by atoms with Gasteiger partial charge in [0.1, 0.15) is 5.58 Å². The number of hydrogen-bond donors (Lipinski definition) is 0. The van der Waals surface area contributed by atoms with Crippen LogP contribution in [0.1, 0.15) is 40.9 Å². The first-order chi connectivity index (χ1) is 11.5. The molecule has 2 fully saturated rings. The van der Waals surface area contributed by atoms with Gasteiger partial charge in [-0.1, -0.05) is 0 Å². The van der Waals surface area contributed by atoms with Crippen molar-refractivity contribution >= 4 is 22.8 Å². The normalized spacial score (nSPS) is 20.8. The molecule has 0 spiro atoms. The van der Waals surface area contributed by atoms with Crippen LogP contribution in [0, 0.1) is 19.8 Å². The van der Waals surface area contributed by atoms with Gasteiger partial charge in [0.25, 0.3) is 0 Å². The lowest BCUT2D eigenvalue weighted by Crippen LogP contribution is -2.27. The van der Waals surface area contributed by atoms with E-state index < -0.39 is 5.97 Å². The van der Waals surface area contributed by atoms with Crippen LogP contribution in [0.25, 0.3) is 11.0 Å². The molecule has 4 rings (SSSR count). The van der Waals surface area contributed by atoms with Crippen molar-refractivity contribution in [3.63, 3.8) is 0 Å². The predicted octanol–water partition coefficient (Wildman–Crippen LogP) is 3.22. The predicted molar refractivity (Wildman–Crippen MR) is 88.8 cm³/mol. The van der Waals surface area contributed by atoms with Gasteiger partial charge in [0.05, 0.1) is 6.61 Å². The molecule has 1 aromatic carbocycles. The van der Waals surface area contributed by atoms with E-state index >= 15 is 0 Å². The Morgan fingerprint density at radius 2 is 2.00 bits per heavy atom. The highest BCUT2D eigenvalue weighted by atomic mass is 16.5. The number of carbonyl (C=O) groups is 2. The molecule has 1 aromatic heterocycles. The minimum Gasteiger partial charge on any atom is -0.459 e. The van der Waals surface area contributed by atoms with Gasteiger partial charge in [0, 0.05) is 30.3 Å². The van der Waals surface area contributed by atoms with Crippen molar-refractivity contribution < 1.29 is 18.7 Å². The first kappa shape index (κ1) is 15.2. The zero-order valence-corrected chi connectivity index (χ0v) is 14.0. The van der Waals surface area contributed by atoms with Gasteiger partial charge < -0.3 is 14.1 Å². The summed E-state index contributed by atoms with van der Waals surface area (Å²) in [6.07, 6.45) is 2.69. The fourth-order valence-corrected chi connectivity index (χ4v) is 3.33. The summed E-state index contributed by atoms with van der Waals surface area (Å²) in [6, 6.07) is 6.10. The van der Waals surface area contributed by atoms with Crippen LogP contribution in [-0.2, 0) is 9.53 Å². The molecular weight excluding hydrogens is 306 g/mol. The molecule has 0 radical (unpaired) electrons. The van der Waals surface area contributed by atoms with E-state index in [2.05, 4.69) is 0 Å². The smallest absolute Gasteiger partial charge is 0.374 e. The van der Waals surface area contributed by atoms with Gasteiger partial charge in [-0.15, -0.1) is 0 Å². The Morgan fingerprint density at radius 1 is 1.25 bits per heavy atom. The van der Waals surface area contributed by atoms with Crippen molar-refractivity contribution in [1.29, 1.82) is 0 Å². The number of fused-ring (bicyclic) bond motifs is 1. The number of carbonyl (C=O) groups excluding carboxylic acids is 2. The Hall–Kier alpha value is -2.30. The monoisotopic (exact) mass is 327 g/mol. The second kappa shape index (κ2) is 5.65. The topological polar surface area (TPSA) is 59.8 Å². The molecule has 2 aromatic rings. The van der Waals surface area contributed by atoms with E-state index in [-0.39, 0.29) is 24.2 Å². The third-order valence-corrected chi connectivity index (χ3v) is 5.01. The summed E-state index contributed by atoms with van der Waals surface area (Å²) in [7, 11) is 0. The maximum atomic E-state index is 12.2. The van der Waals surface area contributed by atoms with E-state index in [1.807, 2.05) is 30.9 Å². The van der Waals surface area contributed by atoms with Gasteiger partial charge in [-0.05, 0) is 56.0 Å². The molecule has 1 amide bonds. The Balaban J connectivity index is 1.40. The van der Waals surface area contributed by atoms with Crippen LogP contribution < -0.4 is 0 Å². The average Bonchev–Trinajstić information content (AvgIpc) is 3.20. The summed E-state index contributed by atoms with van der Waals surface area (Å²) < 4.78 is 11.0. The van der Waals surface area contributed by atoms with Gasteiger partial charge in [-0.3, -0.25) is 4.79 Å². The van der Waals surface area contributed by atoms with E-state index in [4.69, 9.17) is 9.15 Å². The van der Waals surface area contributed by atoms with Gasteiger partial charge >= 0.3 is 5.97 Å². The third-order valence-electron chi connectivity index (χ3n) is 5.01. The molecule has 5 heteroatoms. The van der Waals surface area contributed by atoms with Crippen LogP contribution in [-0.4, -0.2) is 36.0 Å². The number of furan rings is 1. The second-order valence-corrected chi connectivity index (χ2v) is 7.03. The van der Waals surface area contributed by atoms with Crippen molar-refractivity contribution in [1.82, 2.24) is 4.90 Å². The number of rotatable bonds is 4. The Labute approximate surface area is 140 Å². The lowest BCUT2D eigenvalue weighted by atomic mass is 10.1. The lowest BCUT2D eigenvalue weighted by Gasteiger charge is -2.15. The number of nitrogens with zero attached hydrogens (tertiary/aromatic N) is 1. The van der Waals surface area contributed by atoms with Crippen LogP contribution in [0.2, 0.25) is 0 Å². The van der Waals surface area contributed by atoms with Crippen LogP contribution in [0.3, 0.4) is 0 Å². The van der Waals surface area contributed by atoms with E-state index in [9.17, 15) is 9.59 Å². The van der Waals surface area contributed by atoms with E-state index in [0.29, 0.717) is 24.6 Å². The molecule has 0 N–H and O–H groups in total. The summed E-state index contributed by atoms with van der Waals surface area (Å²) in [6.45, 7) is 5.01. The molecule has 1 aliphatic heterocycles. The molecule has 1 saturated carbocycles. The summed E-state index contributed by atoms with van der Waals surface area (Å²) in [5.41, 5.74) is 2.98. The zero-order chi connectivity index (χ0) is 16.8. The molecule has 1 saturated heterocycles. The summed E-state index contributed by atoms with van der Waals surface area (Å²) in [5.74, 6) is 0.0429. The largest absolute Gasteiger partial charge is 0.459 e. The highest BCUT2D eigenvalue weighted by molar-refractivity contribution is 5.93. The van der Waals surface area contributed by atoms with Gasteiger partial charge in [0.2, 0.25) is 11.7 Å². The van der Waals surface area contributed by atoms with E-state index in [0.717, 1.165) is 29.4 Å². The maximum Gasteiger partial charge on any atom is 0.374 e. The van der Waals surface area contributed by atoms with Crippen molar-refractivity contribution in [2.24, 2.45) is 5.92 Å². The van der Waals surface area contributed by atoms with E-state index in [1.165, 1.54) is 0 Å². The third kappa shape index (κ3) is 2.79. The number of aryl methyl sites for hydroxylation is 2. The summed E-state index contributed by atoms with van der Waals surface area (Å²) >= 11 is 0. The molecule has 1 aliphatic carbocycles. The first-order valence-electron chi connectivity index (χ1n) is 8.48. The van der Waals surface area contributed by atoms with Crippen LogP contribution in [0.5, 0.6) is 0 Å². The van der Waals surface area contributed by atoms with Crippen molar-refractivity contribution in [2.75, 3.05) is 13.2 Å². The second-order valence-electron chi connectivity index (χ2n) is 7.03. The average molecular weight is 327 g/mol. The van der Waals surface area contributed by atoms with Gasteiger partial charge in [-0.2, -0.15) is 0 Å². The summed E-state index contributed by atoms with van der Waals surface area (Å²) in [4.78, 5) is 26.1. The van der Waals surface area contributed by atoms with Gasteiger partial charge in [0.15, 0.2) is 0 Å². The van der Waals surface area contributed by atoms with Gasteiger partial charge in [-0.25, -0.2) is 4.79 Å².